The van der Waals surface area contributed by atoms with Gasteiger partial charge in [-0.2, -0.15) is 0 Å². The smallest absolute Gasteiger partial charge is 0.120 e. The SMILES string of the molecule is CC(c1cc(Cl)ccc1O)N1CCN(C2CCCC2)CC1. The predicted octanol–water partition coefficient (Wildman–Crippen LogP) is 3.67. The molecule has 0 radical (unpaired) electrons. The molecule has 3 nitrogen and oxygen atoms in total. The second kappa shape index (κ2) is 6.55. The Balaban J connectivity index is 1.62. The van der Waals surface area contributed by atoms with Crippen LogP contribution in [0.4, 0.5) is 0 Å². The first-order chi connectivity index (χ1) is 10.1. The average molecular weight is 309 g/mol. The third-order valence-corrected chi connectivity index (χ3v) is 5.41. The van der Waals surface area contributed by atoms with E-state index < -0.39 is 0 Å². The fourth-order valence-corrected chi connectivity index (χ4v) is 4.00. The van der Waals surface area contributed by atoms with Gasteiger partial charge in [-0.15, -0.1) is 0 Å². The van der Waals surface area contributed by atoms with E-state index in [0.29, 0.717) is 10.8 Å². The lowest BCUT2D eigenvalue weighted by Crippen LogP contribution is -2.50. The molecule has 21 heavy (non-hydrogen) atoms. The number of halogens is 1. The molecule has 1 aromatic rings. The molecule has 0 bridgehead atoms. The van der Waals surface area contributed by atoms with Crippen molar-refractivity contribution in [2.75, 3.05) is 26.2 Å². The molecule has 1 saturated heterocycles. The zero-order chi connectivity index (χ0) is 14.8. The van der Waals surface area contributed by atoms with Crippen LogP contribution in [-0.4, -0.2) is 47.1 Å². The van der Waals surface area contributed by atoms with Gasteiger partial charge in [0.15, 0.2) is 0 Å². The number of phenols is 1. The Morgan fingerprint density at radius 1 is 1.14 bits per heavy atom. The molecule has 1 aliphatic heterocycles. The molecule has 1 heterocycles. The monoisotopic (exact) mass is 308 g/mol. The lowest BCUT2D eigenvalue weighted by atomic mass is 10.0. The maximum absolute atomic E-state index is 10.1. The number of hydrogen-bond acceptors (Lipinski definition) is 3. The van der Waals surface area contributed by atoms with Crippen molar-refractivity contribution >= 4 is 11.6 Å². The van der Waals surface area contributed by atoms with E-state index in [1.165, 1.54) is 25.7 Å². The maximum Gasteiger partial charge on any atom is 0.120 e. The van der Waals surface area contributed by atoms with Gasteiger partial charge in [0.25, 0.3) is 0 Å². The molecule has 2 fully saturated rings. The minimum absolute atomic E-state index is 0.217. The van der Waals surface area contributed by atoms with Gasteiger partial charge < -0.3 is 5.11 Å². The molecule has 116 valence electrons. The molecule has 0 amide bonds. The highest BCUT2D eigenvalue weighted by Gasteiger charge is 2.28. The normalized spacial score (nSPS) is 23.5. The van der Waals surface area contributed by atoms with Crippen LogP contribution in [0.5, 0.6) is 5.75 Å². The van der Waals surface area contributed by atoms with Crippen LogP contribution >= 0.6 is 11.6 Å². The van der Waals surface area contributed by atoms with Crippen molar-refractivity contribution in [3.63, 3.8) is 0 Å². The zero-order valence-electron chi connectivity index (χ0n) is 12.8. The van der Waals surface area contributed by atoms with Gasteiger partial charge in [-0.05, 0) is 38.0 Å². The Labute approximate surface area is 132 Å². The fourth-order valence-electron chi connectivity index (χ4n) is 3.82. The molecule has 0 aromatic heterocycles. The predicted molar refractivity (Wildman–Crippen MR) is 86.9 cm³/mol. The summed E-state index contributed by atoms with van der Waals surface area (Å²) >= 11 is 6.07. The van der Waals surface area contributed by atoms with Gasteiger partial charge >= 0.3 is 0 Å². The number of rotatable bonds is 3. The second-order valence-electron chi connectivity index (χ2n) is 6.39. The summed E-state index contributed by atoms with van der Waals surface area (Å²) in [7, 11) is 0. The molecule has 4 heteroatoms. The molecule has 1 unspecified atom stereocenters. The van der Waals surface area contributed by atoms with E-state index in [9.17, 15) is 5.11 Å². The first-order valence-electron chi connectivity index (χ1n) is 8.11. The van der Waals surface area contributed by atoms with Gasteiger partial charge in [-0.3, -0.25) is 9.80 Å². The van der Waals surface area contributed by atoms with E-state index in [4.69, 9.17) is 11.6 Å². The molecule has 3 rings (SSSR count). The van der Waals surface area contributed by atoms with Crippen molar-refractivity contribution in [1.82, 2.24) is 9.80 Å². The lowest BCUT2D eigenvalue weighted by Gasteiger charge is -2.40. The number of piperazine rings is 1. The molecule has 1 N–H and O–H groups in total. The quantitative estimate of drug-likeness (QED) is 0.923. The summed E-state index contributed by atoms with van der Waals surface area (Å²) in [4.78, 5) is 5.12. The van der Waals surface area contributed by atoms with E-state index in [-0.39, 0.29) is 6.04 Å². The van der Waals surface area contributed by atoms with Gasteiger partial charge in [-0.25, -0.2) is 0 Å². The Kier molecular flexibility index (Phi) is 4.72. The van der Waals surface area contributed by atoms with Crippen LogP contribution in [0.25, 0.3) is 0 Å². The van der Waals surface area contributed by atoms with Gasteiger partial charge in [0.1, 0.15) is 5.75 Å². The summed E-state index contributed by atoms with van der Waals surface area (Å²) in [6.45, 7) is 6.61. The highest BCUT2D eigenvalue weighted by molar-refractivity contribution is 6.30. The van der Waals surface area contributed by atoms with Gasteiger partial charge in [0, 0.05) is 48.8 Å². The van der Waals surface area contributed by atoms with Crippen LogP contribution < -0.4 is 0 Å². The van der Waals surface area contributed by atoms with E-state index in [1.54, 1.807) is 12.1 Å². The summed E-state index contributed by atoms with van der Waals surface area (Å²) in [5.41, 5.74) is 0.941. The summed E-state index contributed by atoms with van der Waals surface area (Å²) in [5, 5.41) is 10.8. The zero-order valence-corrected chi connectivity index (χ0v) is 13.5. The van der Waals surface area contributed by atoms with Crippen molar-refractivity contribution in [3.05, 3.63) is 28.8 Å². The number of nitrogens with zero attached hydrogens (tertiary/aromatic N) is 2. The third-order valence-electron chi connectivity index (χ3n) is 5.18. The standard InChI is InChI=1S/C17H25ClN2O/c1-13(16-12-14(18)6-7-17(16)21)19-8-10-20(11-9-19)15-4-2-3-5-15/h6-7,12-13,15,21H,2-5,8-11H2,1H3. The van der Waals surface area contributed by atoms with Gasteiger partial charge in [0.2, 0.25) is 0 Å². The Morgan fingerprint density at radius 3 is 2.48 bits per heavy atom. The van der Waals surface area contributed by atoms with E-state index in [0.717, 1.165) is 37.8 Å². The average Bonchev–Trinajstić information content (AvgIpc) is 3.03. The Hall–Kier alpha value is -0.770. The van der Waals surface area contributed by atoms with Crippen LogP contribution in [0, 0.1) is 0 Å². The maximum atomic E-state index is 10.1. The molecular weight excluding hydrogens is 284 g/mol. The second-order valence-corrected chi connectivity index (χ2v) is 6.83. The Bertz CT molecular complexity index is 480. The van der Waals surface area contributed by atoms with Crippen molar-refractivity contribution in [2.45, 2.75) is 44.7 Å². The topological polar surface area (TPSA) is 26.7 Å². The van der Waals surface area contributed by atoms with Crippen LogP contribution in [0.1, 0.15) is 44.2 Å². The lowest BCUT2D eigenvalue weighted by molar-refractivity contribution is 0.0744. The summed E-state index contributed by atoms with van der Waals surface area (Å²) < 4.78 is 0. The van der Waals surface area contributed by atoms with Crippen molar-refractivity contribution in [3.8, 4) is 5.75 Å². The number of phenolic OH excluding ortho intramolecular Hbond substituents is 1. The van der Waals surface area contributed by atoms with Gasteiger partial charge in [-0.1, -0.05) is 24.4 Å². The highest BCUT2D eigenvalue weighted by atomic mass is 35.5. The summed E-state index contributed by atoms with van der Waals surface area (Å²) in [6, 6.07) is 6.37. The molecule has 1 aromatic carbocycles. The van der Waals surface area contributed by atoms with Crippen LogP contribution in [0.2, 0.25) is 5.02 Å². The van der Waals surface area contributed by atoms with E-state index in [2.05, 4.69) is 16.7 Å². The van der Waals surface area contributed by atoms with Crippen molar-refractivity contribution in [2.24, 2.45) is 0 Å². The third kappa shape index (κ3) is 3.36. The first kappa shape index (κ1) is 15.1. The largest absolute Gasteiger partial charge is 0.508 e. The fraction of sp³-hybridized carbons (Fsp3) is 0.647. The molecule has 1 saturated carbocycles. The molecule has 0 spiro atoms. The highest BCUT2D eigenvalue weighted by Crippen LogP contribution is 2.32. The number of hydrogen-bond donors (Lipinski definition) is 1. The minimum Gasteiger partial charge on any atom is -0.508 e. The summed E-state index contributed by atoms with van der Waals surface area (Å²) in [5.74, 6) is 0.352. The van der Waals surface area contributed by atoms with Crippen molar-refractivity contribution < 1.29 is 5.11 Å². The van der Waals surface area contributed by atoms with Crippen LogP contribution in [-0.2, 0) is 0 Å². The summed E-state index contributed by atoms with van der Waals surface area (Å²) in [6.07, 6.45) is 5.56. The van der Waals surface area contributed by atoms with Crippen LogP contribution in [0.3, 0.4) is 0 Å². The number of benzene rings is 1. The molecule has 1 atom stereocenters. The molecule has 2 aliphatic rings. The van der Waals surface area contributed by atoms with Crippen LogP contribution in [0.15, 0.2) is 18.2 Å². The first-order valence-corrected chi connectivity index (χ1v) is 8.49. The molecular formula is C17H25ClN2O. The molecule has 1 aliphatic carbocycles. The van der Waals surface area contributed by atoms with E-state index >= 15 is 0 Å². The van der Waals surface area contributed by atoms with Crippen molar-refractivity contribution in [1.29, 1.82) is 0 Å². The Morgan fingerprint density at radius 2 is 1.81 bits per heavy atom. The van der Waals surface area contributed by atoms with Gasteiger partial charge in [0.05, 0.1) is 0 Å². The van der Waals surface area contributed by atoms with E-state index in [1.807, 2.05) is 6.07 Å². The number of aromatic hydroxyl groups is 1. The minimum atomic E-state index is 0.217.